The molecule has 1 aromatic heterocycles. The van der Waals surface area contributed by atoms with Crippen LogP contribution in [0.25, 0.3) is 0 Å². The molecule has 2 atom stereocenters. The van der Waals surface area contributed by atoms with Crippen LogP contribution in [0.2, 0.25) is 0 Å². The number of hydrogen-bond donors (Lipinski definition) is 3. The molecule has 1 fully saturated rings. The molecule has 0 spiro atoms. The van der Waals surface area contributed by atoms with Crippen LogP contribution in [0.1, 0.15) is 21.9 Å². The average molecular weight is 275 g/mol. The molecule has 1 amide bonds. The van der Waals surface area contributed by atoms with Crippen molar-refractivity contribution in [3.05, 3.63) is 23.2 Å². The SMILES string of the molecule is Cc1cc(C(=O)NCC2CNCC2O)c(C)o1.Cl. The molecule has 102 valence electrons. The van der Waals surface area contributed by atoms with Crippen LogP contribution in [0.4, 0.5) is 0 Å². The molecule has 2 unspecified atom stereocenters. The number of aryl methyl sites for hydroxylation is 2. The van der Waals surface area contributed by atoms with E-state index in [1.807, 2.05) is 6.92 Å². The third-order valence-electron chi connectivity index (χ3n) is 3.11. The van der Waals surface area contributed by atoms with Crippen LogP contribution in [-0.4, -0.2) is 36.8 Å². The van der Waals surface area contributed by atoms with E-state index in [9.17, 15) is 9.90 Å². The van der Waals surface area contributed by atoms with Crippen molar-refractivity contribution in [2.24, 2.45) is 5.92 Å². The van der Waals surface area contributed by atoms with Crippen molar-refractivity contribution in [2.75, 3.05) is 19.6 Å². The van der Waals surface area contributed by atoms with Crippen LogP contribution < -0.4 is 10.6 Å². The first-order chi connectivity index (χ1) is 8.08. The zero-order valence-corrected chi connectivity index (χ0v) is 11.3. The van der Waals surface area contributed by atoms with E-state index in [1.165, 1.54) is 0 Å². The Kier molecular flexibility index (Phi) is 5.19. The number of rotatable bonds is 3. The van der Waals surface area contributed by atoms with Crippen LogP contribution >= 0.6 is 12.4 Å². The summed E-state index contributed by atoms with van der Waals surface area (Å²) in [6.07, 6.45) is -0.373. The number of aliphatic hydroxyl groups excluding tert-OH is 1. The van der Waals surface area contributed by atoms with Crippen LogP contribution in [0, 0.1) is 19.8 Å². The van der Waals surface area contributed by atoms with Gasteiger partial charge in [0.2, 0.25) is 0 Å². The number of aliphatic hydroxyl groups is 1. The Morgan fingerprint density at radius 2 is 2.28 bits per heavy atom. The van der Waals surface area contributed by atoms with Gasteiger partial charge in [0.25, 0.3) is 5.91 Å². The van der Waals surface area contributed by atoms with Gasteiger partial charge in [0.05, 0.1) is 11.7 Å². The van der Waals surface area contributed by atoms with E-state index in [4.69, 9.17) is 4.42 Å². The number of carbonyl (C=O) groups excluding carboxylic acids is 1. The van der Waals surface area contributed by atoms with Crippen LogP contribution in [0.15, 0.2) is 10.5 Å². The Balaban J connectivity index is 0.00000162. The van der Waals surface area contributed by atoms with Crippen molar-refractivity contribution < 1.29 is 14.3 Å². The number of nitrogens with one attached hydrogen (secondary N) is 2. The van der Waals surface area contributed by atoms with E-state index in [0.717, 1.165) is 12.3 Å². The lowest BCUT2D eigenvalue weighted by Crippen LogP contribution is -2.34. The molecule has 2 rings (SSSR count). The predicted octanol–water partition coefficient (Wildman–Crippen LogP) is 0.628. The molecule has 1 aliphatic heterocycles. The lowest BCUT2D eigenvalue weighted by Gasteiger charge is -2.13. The molecule has 5 nitrogen and oxygen atoms in total. The highest BCUT2D eigenvalue weighted by Crippen LogP contribution is 2.14. The standard InChI is InChI=1S/C12H18N2O3.ClH/c1-7-3-10(8(2)17-7)12(16)14-5-9-4-13-6-11(9)15;/h3,9,11,13,15H,4-6H2,1-2H3,(H,14,16);1H. The summed E-state index contributed by atoms with van der Waals surface area (Å²) in [7, 11) is 0. The fourth-order valence-electron chi connectivity index (χ4n) is 2.10. The fraction of sp³-hybridized carbons (Fsp3) is 0.583. The van der Waals surface area contributed by atoms with Gasteiger partial charge in [-0.15, -0.1) is 12.4 Å². The Labute approximate surface area is 112 Å². The lowest BCUT2D eigenvalue weighted by molar-refractivity contribution is 0.0925. The zero-order valence-electron chi connectivity index (χ0n) is 10.5. The zero-order chi connectivity index (χ0) is 12.4. The van der Waals surface area contributed by atoms with Gasteiger partial charge in [0.1, 0.15) is 11.5 Å². The van der Waals surface area contributed by atoms with Crippen LogP contribution in [-0.2, 0) is 0 Å². The first-order valence-corrected chi connectivity index (χ1v) is 5.82. The van der Waals surface area contributed by atoms with Crippen LogP contribution in [0.3, 0.4) is 0 Å². The molecule has 3 N–H and O–H groups in total. The number of β-amino-alcohol motifs (C(OH)–C–C–N with tert-alkyl or cyclic N) is 1. The van der Waals surface area contributed by atoms with Gasteiger partial charge in [-0.05, 0) is 19.9 Å². The highest BCUT2D eigenvalue weighted by atomic mass is 35.5. The van der Waals surface area contributed by atoms with Gasteiger partial charge in [-0.3, -0.25) is 4.79 Å². The van der Waals surface area contributed by atoms with Gasteiger partial charge in [-0.1, -0.05) is 0 Å². The predicted molar refractivity (Wildman–Crippen MR) is 70.1 cm³/mol. The smallest absolute Gasteiger partial charge is 0.254 e. The molecule has 18 heavy (non-hydrogen) atoms. The van der Waals surface area contributed by atoms with Crippen molar-refractivity contribution in [1.29, 1.82) is 0 Å². The normalized spacial score (nSPS) is 22.6. The molecule has 0 bridgehead atoms. The highest BCUT2D eigenvalue weighted by Gasteiger charge is 2.25. The fourth-order valence-corrected chi connectivity index (χ4v) is 2.10. The molecular weight excluding hydrogens is 256 g/mol. The van der Waals surface area contributed by atoms with E-state index >= 15 is 0 Å². The second-order valence-electron chi connectivity index (χ2n) is 4.52. The van der Waals surface area contributed by atoms with Gasteiger partial charge in [-0.2, -0.15) is 0 Å². The third-order valence-corrected chi connectivity index (χ3v) is 3.11. The Morgan fingerprint density at radius 1 is 1.56 bits per heavy atom. The summed E-state index contributed by atoms with van der Waals surface area (Å²) in [5.74, 6) is 1.31. The van der Waals surface area contributed by atoms with Gasteiger partial charge < -0.3 is 20.2 Å². The van der Waals surface area contributed by atoms with E-state index in [-0.39, 0.29) is 30.3 Å². The molecule has 0 aromatic carbocycles. The number of halogens is 1. The first kappa shape index (κ1) is 15.0. The minimum Gasteiger partial charge on any atom is -0.466 e. The molecular formula is C12H19ClN2O3. The first-order valence-electron chi connectivity index (χ1n) is 5.82. The number of furan rings is 1. The summed E-state index contributed by atoms with van der Waals surface area (Å²) in [6.45, 7) is 5.41. The summed E-state index contributed by atoms with van der Waals surface area (Å²) in [5, 5.41) is 15.5. The monoisotopic (exact) mass is 274 g/mol. The van der Waals surface area contributed by atoms with E-state index in [0.29, 0.717) is 24.4 Å². The molecule has 0 aliphatic carbocycles. The van der Waals surface area contributed by atoms with Crippen molar-refractivity contribution in [3.8, 4) is 0 Å². The van der Waals surface area contributed by atoms with Gasteiger partial charge in [0, 0.05) is 25.6 Å². The summed E-state index contributed by atoms with van der Waals surface area (Å²) >= 11 is 0. The molecule has 1 aliphatic rings. The van der Waals surface area contributed by atoms with Gasteiger partial charge in [-0.25, -0.2) is 0 Å². The Hall–Kier alpha value is -1.04. The molecule has 1 aromatic rings. The van der Waals surface area contributed by atoms with Crippen molar-refractivity contribution in [3.63, 3.8) is 0 Å². The Bertz CT molecular complexity index is 419. The quantitative estimate of drug-likeness (QED) is 0.756. The summed E-state index contributed by atoms with van der Waals surface area (Å²) < 4.78 is 5.31. The maximum absolute atomic E-state index is 11.9. The van der Waals surface area contributed by atoms with E-state index in [2.05, 4.69) is 10.6 Å². The van der Waals surface area contributed by atoms with Gasteiger partial charge >= 0.3 is 0 Å². The third kappa shape index (κ3) is 3.25. The Morgan fingerprint density at radius 3 is 2.78 bits per heavy atom. The molecule has 0 radical (unpaired) electrons. The summed E-state index contributed by atoms with van der Waals surface area (Å²) in [4.78, 5) is 11.9. The number of hydrogen-bond acceptors (Lipinski definition) is 4. The topological polar surface area (TPSA) is 74.5 Å². The summed E-state index contributed by atoms with van der Waals surface area (Å²) in [5.41, 5.74) is 0.572. The largest absolute Gasteiger partial charge is 0.466 e. The molecule has 6 heteroatoms. The molecule has 2 heterocycles. The summed E-state index contributed by atoms with van der Waals surface area (Å²) in [6, 6.07) is 1.73. The second kappa shape index (κ2) is 6.22. The van der Waals surface area contributed by atoms with Gasteiger partial charge in [0.15, 0.2) is 0 Å². The van der Waals surface area contributed by atoms with Crippen molar-refractivity contribution in [1.82, 2.24) is 10.6 Å². The van der Waals surface area contributed by atoms with Crippen molar-refractivity contribution >= 4 is 18.3 Å². The number of amides is 1. The highest BCUT2D eigenvalue weighted by molar-refractivity contribution is 5.95. The minimum atomic E-state index is -0.373. The van der Waals surface area contributed by atoms with E-state index in [1.54, 1.807) is 13.0 Å². The second-order valence-corrected chi connectivity index (χ2v) is 4.52. The maximum Gasteiger partial charge on any atom is 0.254 e. The van der Waals surface area contributed by atoms with Crippen molar-refractivity contribution in [2.45, 2.75) is 20.0 Å². The molecule has 0 saturated carbocycles. The van der Waals surface area contributed by atoms with Crippen LogP contribution in [0.5, 0.6) is 0 Å². The molecule has 1 saturated heterocycles. The maximum atomic E-state index is 11.9. The number of carbonyl (C=O) groups is 1. The minimum absolute atomic E-state index is 0. The van der Waals surface area contributed by atoms with E-state index < -0.39 is 0 Å². The lowest BCUT2D eigenvalue weighted by atomic mass is 10.1. The average Bonchev–Trinajstić information content (AvgIpc) is 2.81.